The fraction of sp³-hybridized carbons (Fsp3) is 0.500. The quantitative estimate of drug-likeness (QED) is 0.856. The van der Waals surface area contributed by atoms with Gasteiger partial charge in [-0.05, 0) is 53.3 Å². The zero-order valence-corrected chi connectivity index (χ0v) is 11.7. The highest BCUT2D eigenvalue weighted by atomic mass is 19.1. The molecule has 2 N–H and O–H groups in total. The number of hydrogen-bond donors (Lipinski definition) is 1. The van der Waals surface area contributed by atoms with Gasteiger partial charge in [-0.25, -0.2) is 9.07 Å². The Balaban J connectivity index is 1.98. The van der Waals surface area contributed by atoms with Crippen molar-refractivity contribution in [2.24, 2.45) is 5.41 Å². The molecular weight excluding hydrogens is 257 g/mol. The predicted molar refractivity (Wildman–Crippen MR) is 74.3 cm³/mol. The minimum absolute atomic E-state index is 0.277. The molecule has 0 radical (unpaired) electrons. The molecule has 1 aliphatic rings. The lowest BCUT2D eigenvalue weighted by Crippen LogP contribution is -2.12. The number of nitrogen functional groups attached to an aromatic ring is 1. The predicted octanol–water partition coefficient (Wildman–Crippen LogP) is 2.81. The third kappa shape index (κ3) is 2.26. The van der Waals surface area contributed by atoms with Gasteiger partial charge in [0.2, 0.25) is 0 Å². The van der Waals surface area contributed by atoms with Gasteiger partial charge in [0, 0.05) is 11.3 Å². The Labute approximate surface area is 117 Å². The Bertz CT molecular complexity index is 634. The Morgan fingerprint density at radius 2 is 2.20 bits per heavy atom. The van der Waals surface area contributed by atoms with Crippen LogP contribution >= 0.6 is 0 Å². The van der Waals surface area contributed by atoms with Crippen molar-refractivity contribution in [2.45, 2.75) is 39.2 Å². The van der Waals surface area contributed by atoms with E-state index in [4.69, 9.17) is 5.73 Å². The number of tetrazole rings is 1. The van der Waals surface area contributed by atoms with Crippen LogP contribution in [0.15, 0.2) is 18.2 Å². The van der Waals surface area contributed by atoms with Crippen molar-refractivity contribution >= 4 is 5.69 Å². The largest absolute Gasteiger partial charge is 0.398 e. The second kappa shape index (κ2) is 4.54. The molecule has 5 nitrogen and oxygen atoms in total. The second-order valence-electron chi connectivity index (χ2n) is 6.24. The minimum Gasteiger partial charge on any atom is -0.398 e. The molecule has 2 aromatic rings. The smallest absolute Gasteiger partial charge is 0.184 e. The number of hydrogen-bond acceptors (Lipinski definition) is 4. The highest BCUT2D eigenvalue weighted by Gasteiger charge is 2.34. The van der Waals surface area contributed by atoms with Crippen LogP contribution in [-0.2, 0) is 0 Å². The second-order valence-corrected chi connectivity index (χ2v) is 6.24. The number of anilines is 1. The summed E-state index contributed by atoms with van der Waals surface area (Å²) in [6.07, 6.45) is 3.23. The molecule has 0 amide bonds. The van der Waals surface area contributed by atoms with E-state index in [2.05, 4.69) is 29.4 Å². The number of nitrogens with two attached hydrogens (primary N) is 1. The maximum atomic E-state index is 13.2. The van der Waals surface area contributed by atoms with Crippen LogP contribution in [0, 0.1) is 11.2 Å². The van der Waals surface area contributed by atoms with E-state index in [1.54, 1.807) is 6.07 Å². The third-order valence-electron chi connectivity index (χ3n) is 4.04. The first kappa shape index (κ1) is 13.0. The van der Waals surface area contributed by atoms with Gasteiger partial charge >= 0.3 is 0 Å². The van der Waals surface area contributed by atoms with Gasteiger partial charge < -0.3 is 5.73 Å². The zero-order valence-electron chi connectivity index (χ0n) is 11.7. The normalized spacial score (nSPS) is 21.2. The van der Waals surface area contributed by atoms with Crippen LogP contribution in [0.5, 0.6) is 0 Å². The fourth-order valence-corrected chi connectivity index (χ4v) is 2.96. The fourth-order valence-electron chi connectivity index (χ4n) is 2.96. The summed E-state index contributed by atoms with van der Waals surface area (Å²) in [6.45, 7) is 4.51. The van der Waals surface area contributed by atoms with Crippen molar-refractivity contribution in [3.8, 4) is 11.4 Å². The number of aromatic nitrogens is 4. The molecule has 1 aromatic heterocycles. The first-order chi connectivity index (χ1) is 9.46. The van der Waals surface area contributed by atoms with Crippen molar-refractivity contribution in [3.63, 3.8) is 0 Å². The topological polar surface area (TPSA) is 69.6 Å². The van der Waals surface area contributed by atoms with E-state index in [-0.39, 0.29) is 11.9 Å². The standard InChI is InChI=1S/C14H18FN5/c1-14(2)6-5-10(8-14)20-13(17-18-19-20)11-4-3-9(15)7-12(11)16/h3-4,7,10H,5-6,8,16H2,1-2H3. The molecule has 1 heterocycles. The average molecular weight is 275 g/mol. The van der Waals surface area contributed by atoms with Crippen LogP contribution in [0.25, 0.3) is 11.4 Å². The molecule has 106 valence electrons. The Morgan fingerprint density at radius 3 is 2.85 bits per heavy atom. The summed E-state index contributed by atoms with van der Waals surface area (Å²) >= 11 is 0. The van der Waals surface area contributed by atoms with Gasteiger partial charge in [-0.2, -0.15) is 0 Å². The summed E-state index contributed by atoms with van der Waals surface area (Å²) in [5.41, 5.74) is 7.23. The first-order valence-electron chi connectivity index (χ1n) is 6.79. The Hall–Kier alpha value is -1.98. The molecule has 0 saturated heterocycles. The average Bonchev–Trinajstić information content (AvgIpc) is 2.95. The van der Waals surface area contributed by atoms with Crippen molar-refractivity contribution < 1.29 is 4.39 Å². The summed E-state index contributed by atoms with van der Waals surface area (Å²) in [4.78, 5) is 0. The molecule has 1 saturated carbocycles. The molecule has 1 atom stereocenters. The van der Waals surface area contributed by atoms with Crippen LogP contribution in [0.3, 0.4) is 0 Å². The number of rotatable bonds is 2. The van der Waals surface area contributed by atoms with Gasteiger partial charge in [0.15, 0.2) is 5.82 Å². The molecule has 6 heteroatoms. The molecule has 20 heavy (non-hydrogen) atoms. The minimum atomic E-state index is -0.354. The van der Waals surface area contributed by atoms with Crippen molar-refractivity contribution in [1.29, 1.82) is 0 Å². The van der Waals surface area contributed by atoms with Crippen molar-refractivity contribution in [2.75, 3.05) is 5.73 Å². The SMILES string of the molecule is CC1(C)CCC(n2nnnc2-c2ccc(F)cc2N)C1. The van der Waals surface area contributed by atoms with E-state index in [0.717, 1.165) is 19.3 Å². The van der Waals surface area contributed by atoms with Gasteiger partial charge in [-0.1, -0.05) is 13.8 Å². The van der Waals surface area contributed by atoms with Crippen LogP contribution in [-0.4, -0.2) is 20.2 Å². The summed E-state index contributed by atoms with van der Waals surface area (Å²) in [5.74, 6) is 0.262. The molecule has 1 aromatic carbocycles. The summed E-state index contributed by atoms with van der Waals surface area (Å²) in [7, 11) is 0. The molecule has 3 rings (SSSR count). The lowest BCUT2D eigenvalue weighted by atomic mass is 9.92. The maximum absolute atomic E-state index is 13.2. The molecular formula is C14H18FN5. The molecule has 1 unspecified atom stereocenters. The first-order valence-corrected chi connectivity index (χ1v) is 6.79. The van der Waals surface area contributed by atoms with E-state index < -0.39 is 0 Å². The molecule has 1 fully saturated rings. The third-order valence-corrected chi connectivity index (χ3v) is 4.04. The van der Waals surface area contributed by atoms with Crippen molar-refractivity contribution in [1.82, 2.24) is 20.2 Å². The highest BCUT2D eigenvalue weighted by Crippen LogP contribution is 2.44. The molecule has 1 aliphatic carbocycles. The van der Waals surface area contributed by atoms with E-state index in [9.17, 15) is 4.39 Å². The Kier molecular flexibility index (Phi) is 2.96. The van der Waals surface area contributed by atoms with Crippen LogP contribution in [0.1, 0.15) is 39.2 Å². The monoisotopic (exact) mass is 275 g/mol. The van der Waals surface area contributed by atoms with Gasteiger partial charge in [0.05, 0.1) is 6.04 Å². The lowest BCUT2D eigenvalue weighted by molar-refractivity contribution is 0.349. The number of nitrogens with zero attached hydrogens (tertiary/aromatic N) is 4. The summed E-state index contributed by atoms with van der Waals surface area (Å²) in [6, 6.07) is 4.59. The van der Waals surface area contributed by atoms with Crippen molar-refractivity contribution in [3.05, 3.63) is 24.0 Å². The highest BCUT2D eigenvalue weighted by molar-refractivity contribution is 5.71. The van der Waals surface area contributed by atoms with E-state index in [1.165, 1.54) is 12.1 Å². The van der Waals surface area contributed by atoms with Gasteiger partial charge in [0.1, 0.15) is 5.82 Å². The molecule has 0 aliphatic heterocycles. The van der Waals surface area contributed by atoms with Gasteiger partial charge in [0.25, 0.3) is 0 Å². The number of halogens is 1. The lowest BCUT2D eigenvalue weighted by Gasteiger charge is -2.17. The maximum Gasteiger partial charge on any atom is 0.184 e. The summed E-state index contributed by atoms with van der Waals surface area (Å²) in [5, 5.41) is 11.9. The van der Waals surface area contributed by atoms with E-state index in [0.29, 0.717) is 22.5 Å². The molecule has 0 bridgehead atoms. The van der Waals surface area contributed by atoms with Crippen LogP contribution < -0.4 is 5.73 Å². The van der Waals surface area contributed by atoms with Crippen LogP contribution in [0.2, 0.25) is 0 Å². The van der Waals surface area contributed by atoms with E-state index in [1.807, 2.05) is 4.68 Å². The number of benzene rings is 1. The van der Waals surface area contributed by atoms with Crippen LogP contribution in [0.4, 0.5) is 10.1 Å². The molecule has 0 spiro atoms. The van der Waals surface area contributed by atoms with Gasteiger partial charge in [-0.3, -0.25) is 0 Å². The van der Waals surface area contributed by atoms with Gasteiger partial charge in [-0.15, -0.1) is 5.10 Å². The Morgan fingerprint density at radius 1 is 1.40 bits per heavy atom. The van der Waals surface area contributed by atoms with E-state index >= 15 is 0 Å². The summed E-state index contributed by atoms with van der Waals surface area (Å²) < 4.78 is 15.0. The zero-order chi connectivity index (χ0) is 14.3.